The number of hydrogen-bond donors (Lipinski definition) is 1. The molecule has 0 radical (unpaired) electrons. The van der Waals surface area contributed by atoms with E-state index in [4.69, 9.17) is 11.6 Å². The van der Waals surface area contributed by atoms with Crippen molar-refractivity contribution in [1.29, 1.82) is 0 Å². The van der Waals surface area contributed by atoms with Crippen molar-refractivity contribution in [2.75, 3.05) is 23.9 Å². The Morgan fingerprint density at radius 2 is 2.19 bits per heavy atom. The fraction of sp³-hybridized carbons (Fsp3) is 0.273. The van der Waals surface area contributed by atoms with Crippen molar-refractivity contribution in [1.82, 2.24) is 5.32 Å². The van der Waals surface area contributed by atoms with Crippen LogP contribution in [0.25, 0.3) is 0 Å². The largest absolute Gasteiger partial charge is 0.350 e. The zero-order chi connectivity index (χ0) is 11.5. The van der Waals surface area contributed by atoms with Gasteiger partial charge in [0.1, 0.15) is 5.88 Å². The lowest BCUT2D eigenvalue weighted by Gasteiger charge is -2.20. The number of carbonyl (C=O) groups is 2. The summed E-state index contributed by atoms with van der Waals surface area (Å²) in [5.74, 6) is -0.422. The summed E-state index contributed by atoms with van der Waals surface area (Å²) < 4.78 is 0. The van der Waals surface area contributed by atoms with Gasteiger partial charge >= 0.3 is 0 Å². The highest BCUT2D eigenvalue weighted by molar-refractivity contribution is 6.29. The van der Waals surface area contributed by atoms with Gasteiger partial charge < -0.3 is 10.2 Å². The van der Waals surface area contributed by atoms with Gasteiger partial charge in [-0.05, 0) is 12.1 Å². The monoisotopic (exact) mass is 238 g/mol. The lowest BCUT2D eigenvalue weighted by molar-refractivity contribution is -0.116. The van der Waals surface area contributed by atoms with Crippen molar-refractivity contribution in [3.05, 3.63) is 29.8 Å². The number of amides is 2. The molecule has 84 valence electrons. The van der Waals surface area contributed by atoms with Crippen LogP contribution in [0.2, 0.25) is 0 Å². The molecule has 0 atom stereocenters. The number of hydrogen-bond acceptors (Lipinski definition) is 2. The number of nitrogens with one attached hydrogen (secondary N) is 1. The molecule has 1 N–H and O–H groups in total. The highest BCUT2D eigenvalue weighted by atomic mass is 35.5. The van der Waals surface area contributed by atoms with E-state index in [0.29, 0.717) is 24.3 Å². The van der Waals surface area contributed by atoms with E-state index in [1.165, 1.54) is 0 Å². The predicted molar refractivity (Wildman–Crippen MR) is 61.8 cm³/mol. The third-order valence-corrected chi connectivity index (χ3v) is 2.70. The highest BCUT2D eigenvalue weighted by Crippen LogP contribution is 2.22. The third-order valence-electron chi connectivity index (χ3n) is 2.48. The van der Waals surface area contributed by atoms with Crippen LogP contribution >= 0.6 is 11.6 Å². The summed E-state index contributed by atoms with van der Waals surface area (Å²) in [6.07, 6.45) is 0. The standard InChI is InChI=1S/C11H11ClN2O2/c12-7-10(15)14-6-5-13-11(16)8-3-1-2-4-9(8)14/h1-4H,5-7H2,(H,13,16). The van der Waals surface area contributed by atoms with Crippen molar-refractivity contribution >= 4 is 29.1 Å². The molecule has 1 heterocycles. The lowest BCUT2D eigenvalue weighted by Crippen LogP contribution is -2.35. The van der Waals surface area contributed by atoms with Crippen LogP contribution in [0, 0.1) is 0 Å². The van der Waals surface area contributed by atoms with E-state index in [1.807, 2.05) is 0 Å². The summed E-state index contributed by atoms with van der Waals surface area (Å²) in [6.45, 7) is 0.893. The second kappa shape index (κ2) is 4.53. The first-order valence-corrected chi connectivity index (χ1v) is 5.51. The molecule has 0 saturated heterocycles. The van der Waals surface area contributed by atoms with Gasteiger partial charge in [-0.25, -0.2) is 0 Å². The van der Waals surface area contributed by atoms with E-state index < -0.39 is 0 Å². The average molecular weight is 239 g/mol. The Balaban J connectivity index is 2.46. The fourth-order valence-corrected chi connectivity index (χ4v) is 1.87. The minimum atomic E-state index is -0.189. The molecule has 16 heavy (non-hydrogen) atoms. The van der Waals surface area contributed by atoms with E-state index in [9.17, 15) is 9.59 Å². The molecular formula is C11H11ClN2O2. The number of benzene rings is 1. The number of rotatable bonds is 1. The highest BCUT2D eigenvalue weighted by Gasteiger charge is 2.23. The van der Waals surface area contributed by atoms with Gasteiger partial charge in [0.25, 0.3) is 5.91 Å². The molecule has 0 bridgehead atoms. The Morgan fingerprint density at radius 3 is 2.94 bits per heavy atom. The quantitative estimate of drug-likeness (QED) is 0.743. The first kappa shape index (κ1) is 11.0. The summed E-state index contributed by atoms with van der Waals surface area (Å²) in [7, 11) is 0. The van der Waals surface area contributed by atoms with E-state index in [-0.39, 0.29) is 17.7 Å². The maximum atomic E-state index is 11.7. The maximum Gasteiger partial charge on any atom is 0.253 e. The van der Waals surface area contributed by atoms with Crippen LogP contribution in [0.15, 0.2) is 24.3 Å². The van der Waals surface area contributed by atoms with Gasteiger partial charge in [-0.2, -0.15) is 0 Å². The number of nitrogens with zero attached hydrogens (tertiary/aromatic N) is 1. The molecule has 1 aliphatic heterocycles. The van der Waals surface area contributed by atoms with Crippen LogP contribution < -0.4 is 10.2 Å². The summed E-state index contributed by atoms with van der Waals surface area (Å²) in [5.41, 5.74) is 1.14. The summed E-state index contributed by atoms with van der Waals surface area (Å²) in [6, 6.07) is 7.02. The van der Waals surface area contributed by atoms with Gasteiger partial charge in [0.2, 0.25) is 5.91 Å². The molecule has 0 aromatic heterocycles. The first-order valence-electron chi connectivity index (χ1n) is 4.97. The van der Waals surface area contributed by atoms with E-state index in [1.54, 1.807) is 29.2 Å². The van der Waals surface area contributed by atoms with Crippen LogP contribution in [-0.4, -0.2) is 30.8 Å². The number of fused-ring (bicyclic) bond motifs is 1. The number of carbonyl (C=O) groups excluding carboxylic acids is 2. The molecule has 1 aliphatic rings. The molecule has 5 heteroatoms. The zero-order valence-corrected chi connectivity index (χ0v) is 9.33. The lowest BCUT2D eigenvalue weighted by atomic mass is 10.1. The van der Waals surface area contributed by atoms with Crippen LogP contribution in [0.5, 0.6) is 0 Å². The molecule has 0 saturated carbocycles. The van der Waals surface area contributed by atoms with Gasteiger partial charge in [-0.3, -0.25) is 9.59 Å². The molecule has 0 fully saturated rings. The van der Waals surface area contributed by atoms with E-state index in [0.717, 1.165) is 0 Å². The van der Waals surface area contributed by atoms with Gasteiger partial charge in [-0.15, -0.1) is 11.6 Å². The minimum absolute atomic E-state index is 0.0808. The molecule has 1 aromatic rings. The molecule has 2 rings (SSSR count). The number of para-hydroxylation sites is 1. The Bertz CT molecular complexity index is 434. The van der Waals surface area contributed by atoms with Crippen molar-refractivity contribution in [2.45, 2.75) is 0 Å². The number of halogens is 1. The Kier molecular flexibility index (Phi) is 3.10. The number of alkyl halides is 1. The smallest absolute Gasteiger partial charge is 0.253 e. The van der Waals surface area contributed by atoms with Crippen molar-refractivity contribution < 1.29 is 9.59 Å². The van der Waals surface area contributed by atoms with E-state index >= 15 is 0 Å². The molecule has 0 unspecified atom stereocenters. The average Bonchev–Trinajstić information content (AvgIpc) is 2.49. The van der Waals surface area contributed by atoms with Gasteiger partial charge in [0, 0.05) is 13.1 Å². The predicted octanol–water partition coefficient (Wildman–Crippen LogP) is 1.00. The Labute approximate surface area is 98.2 Å². The summed E-state index contributed by atoms with van der Waals surface area (Å²) in [4.78, 5) is 24.9. The fourth-order valence-electron chi connectivity index (χ4n) is 1.73. The molecule has 0 spiro atoms. The topological polar surface area (TPSA) is 49.4 Å². The van der Waals surface area contributed by atoms with Gasteiger partial charge in [0.05, 0.1) is 11.3 Å². The van der Waals surface area contributed by atoms with Crippen LogP contribution in [-0.2, 0) is 4.79 Å². The number of anilines is 1. The van der Waals surface area contributed by atoms with Crippen molar-refractivity contribution in [3.63, 3.8) is 0 Å². The van der Waals surface area contributed by atoms with Gasteiger partial charge in [0.15, 0.2) is 0 Å². The molecule has 0 aliphatic carbocycles. The van der Waals surface area contributed by atoms with Crippen molar-refractivity contribution in [3.8, 4) is 0 Å². The second-order valence-corrected chi connectivity index (χ2v) is 3.72. The van der Waals surface area contributed by atoms with Crippen LogP contribution in [0.1, 0.15) is 10.4 Å². The third kappa shape index (κ3) is 1.88. The molecule has 2 amide bonds. The molecule has 4 nitrogen and oxygen atoms in total. The minimum Gasteiger partial charge on any atom is -0.350 e. The van der Waals surface area contributed by atoms with Crippen LogP contribution in [0.4, 0.5) is 5.69 Å². The SMILES string of the molecule is O=C1NCCN(C(=O)CCl)c2ccccc21. The maximum absolute atomic E-state index is 11.7. The normalized spacial score (nSPS) is 15.1. The van der Waals surface area contributed by atoms with Crippen LogP contribution in [0.3, 0.4) is 0 Å². The zero-order valence-electron chi connectivity index (χ0n) is 8.57. The summed E-state index contributed by atoms with van der Waals surface area (Å²) >= 11 is 5.54. The van der Waals surface area contributed by atoms with Crippen molar-refractivity contribution in [2.24, 2.45) is 0 Å². The Hall–Kier alpha value is -1.55. The Morgan fingerprint density at radius 1 is 1.44 bits per heavy atom. The summed E-state index contributed by atoms with van der Waals surface area (Å²) in [5, 5.41) is 2.73. The first-order chi connectivity index (χ1) is 7.74. The second-order valence-electron chi connectivity index (χ2n) is 3.45. The van der Waals surface area contributed by atoms with Gasteiger partial charge in [-0.1, -0.05) is 12.1 Å². The van der Waals surface area contributed by atoms with E-state index in [2.05, 4.69) is 5.32 Å². The molecular weight excluding hydrogens is 228 g/mol. The molecule has 1 aromatic carbocycles.